The van der Waals surface area contributed by atoms with Crippen molar-refractivity contribution in [3.63, 3.8) is 0 Å². The predicted molar refractivity (Wildman–Crippen MR) is 132 cm³/mol. The number of benzene rings is 1. The number of nitro benzene ring substituents is 1. The van der Waals surface area contributed by atoms with E-state index >= 15 is 0 Å². The molecule has 1 heterocycles. The van der Waals surface area contributed by atoms with Gasteiger partial charge in [0.1, 0.15) is 5.69 Å². The van der Waals surface area contributed by atoms with E-state index in [0.29, 0.717) is 24.1 Å². The van der Waals surface area contributed by atoms with Crippen molar-refractivity contribution in [2.24, 2.45) is 35.0 Å². The molecule has 2 atom stereocenters. The number of ether oxygens (including phenoxy) is 1. The van der Waals surface area contributed by atoms with Gasteiger partial charge in [-0.1, -0.05) is 13.8 Å². The van der Waals surface area contributed by atoms with Crippen LogP contribution in [-0.4, -0.2) is 43.0 Å². The zero-order valence-electron chi connectivity index (χ0n) is 20.8. The zero-order valence-corrected chi connectivity index (χ0v) is 20.8. The van der Waals surface area contributed by atoms with Gasteiger partial charge in [-0.05, 0) is 92.1 Å². The monoisotopic (exact) mass is 483 g/mol. The average Bonchev–Trinajstić information content (AvgIpc) is 2.79. The summed E-state index contributed by atoms with van der Waals surface area (Å²) in [5.74, 6) is 2.30. The van der Waals surface area contributed by atoms with E-state index in [-0.39, 0.29) is 29.2 Å². The van der Waals surface area contributed by atoms with E-state index < -0.39 is 10.9 Å². The van der Waals surface area contributed by atoms with Crippen molar-refractivity contribution in [1.82, 2.24) is 5.32 Å². The number of rotatable bonds is 7. The lowest BCUT2D eigenvalue weighted by Crippen LogP contribution is -2.51. The summed E-state index contributed by atoms with van der Waals surface area (Å²) in [5, 5.41) is 14.8. The summed E-state index contributed by atoms with van der Waals surface area (Å²) in [5.41, 5.74) is 0.728. The Morgan fingerprint density at radius 2 is 1.66 bits per heavy atom. The van der Waals surface area contributed by atoms with Crippen LogP contribution in [0.5, 0.6) is 0 Å². The van der Waals surface area contributed by atoms with E-state index in [2.05, 4.69) is 19.2 Å². The number of nitrogens with one attached hydrogen (secondary N) is 1. The van der Waals surface area contributed by atoms with Crippen molar-refractivity contribution >= 4 is 23.3 Å². The molecule has 6 rings (SSSR count). The Kier molecular flexibility index (Phi) is 6.49. The summed E-state index contributed by atoms with van der Waals surface area (Å²) < 4.78 is 5.23. The average molecular weight is 484 g/mol. The smallest absolute Gasteiger partial charge is 0.338 e. The number of hydrogen-bond donors (Lipinski definition) is 1. The minimum Gasteiger partial charge on any atom is -0.452 e. The van der Waals surface area contributed by atoms with Crippen LogP contribution in [0.15, 0.2) is 18.2 Å². The maximum Gasteiger partial charge on any atom is 0.338 e. The lowest BCUT2D eigenvalue weighted by molar-refractivity contribution is -0.384. The lowest BCUT2D eigenvalue weighted by Gasteiger charge is -2.56. The van der Waals surface area contributed by atoms with Crippen LogP contribution in [-0.2, 0) is 9.53 Å². The molecule has 8 nitrogen and oxygen atoms in total. The Hall–Kier alpha value is -2.64. The predicted octanol–water partition coefficient (Wildman–Crippen LogP) is 4.57. The number of carbonyl (C=O) groups excluding carboxylic acids is 2. The Morgan fingerprint density at radius 3 is 2.23 bits per heavy atom. The van der Waals surface area contributed by atoms with E-state index in [1.807, 2.05) is 4.90 Å². The second-order valence-electron chi connectivity index (χ2n) is 12.1. The first-order valence-corrected chi connectivity index (χ1v) is 13.2. The van der Waals surface area contributed by atoms with Crippen LogP contribution in [0.4, 0.5) is 11.4 Å². The molecule has 5 fully saturated rings. The van der Waals surface area contributed by atoms with Gasteiger partial charge in [-0.15, -0.1) is 0 Å². The van der Waals surface area contributed by atoms with Gasteiger partial charge in [0.25, 0.3) is 11.6 Å². The quantitative estimate of drug-likeness (QED) is 0.346. The van der Waals surface area contributed by atoms with Gasteiger partial charge in [-0.2, -0.15) is 0 Å². The van der Waals surface area contributed by atoms with E-state index in [1.54, 1.807) is 12.1 Å². The molecule has 35 heavy (non-hydrogen) atoms. The molecule has 190 valence electrons. The third-order valence-electron chi connectivity index (χ3n) is 8.78. The summed E-state index contributed by atoms with van der Waals surface area (Å²) >= 11 is 0. The number of esters is 1. The highest BCUT2D eigenvalue weighted by molar-refractivity contribution is 5.93. The summed E-state index contributed by atoms with van der Waals surface area (Å²) in [7, 11) is 0. The topological polar surface area (TPSA) is 102 Å². The Bertz CT molecular complexity index is 963. The minimum atomic E-state index is -0.718. The number of nitro groups is 1. The van der Waals surface area contributed by atoms with E-state index in [9.17, 15) is 19.7 Å². The molecule has 1 aromatic rings. The molecule has 0 radical (unpaired) electrons. The molecular formula is C27H37N3O5. The number of amides is 1. The first kappa shape index (κ1) is 24.1. The molecule has 5 aliphatic rings. The van der Waals surface area contributed by atoms with Gasteiger partial charge in [0.2, 0.25) is 0 Å². The molecule has 1 aliphatic heterocycles. The molecule has 8 heteroatoms. The minimum absolute atomic E-state index is 0.0902. The molecule has 1 N–H and O–H groups in total. The highest BCUT2D eigenvalue weighted by atomic mass is 16.6. The highest BCUT2D eigenvalue weighted by Crippen LogP contribution is 2.59. The van der Waals surface area contributed by atoms with E-state index in [1.165, 1.54) is 44.6 Å². The van der Waals surface area contributed by atoms with Crippen molar-refractivity contribution in [1.29, 1.82) is 0 Å². The van der Waals surface area contributed by atoms with Crippen LogP contribution < -0.4 is 10.2 Å². The van der Waals surface area contributed by atoms with Crippen LogP contribution in [0.1, 0.15) is 69.2 Å². The molecule has 1 aromatic carbocycles. The van der Waals surface area contributed by atoms with E-state index in [4.69, 9.17) is 4.74 Å². The molecule has 0 unspecified atom stereocenters. The standard InChI is InChI=1S/C27H37N3O5/c1-17-5-18(2)14-29(13-17)23-4-3-22(9-24(23)30(33)34)26(32)35-15-25(31)28-16-27-10-19-6-20(11-27)8-21(7-19)12-27/h3-4,9,17-21H,5-8,10-16H2,1-2H3,(H,28,31)/t17-,18-,19?,20?,21?,27?/m1/s1. The second-order valence-corrected chi connectivity index (χ2v) is 12.1. The molecule has 0 spiro atoms. The van der Waals surface area contributed by atoms with Crippen molar-refractivity contribution in [2.45, 2.75) is 58.8 Å². The molecule has 0 aromatic heterocycles. The fourth-order valence-corrected chi connectivity index (χ4v) is 7.98. The van der Waals surface area contributed by atoms with Crippen molar-refractivity contribution in [3.05, 3.63) is 33.9 Å². The van der Waals surface area contributed by atoms with Gasteiger partial charge >= 0.3 is 5.97 Å². The zero-order chi connectivity index (χ0) is 24.7. The van der Waals surface area contributed by atoms with E-state index in [0.717, 1.165) is 37.3 Å². The van der Waals surface area contributed by atoms with Crippen LogP contribution in [0.3, 0.4) is 0 Å². The number of piperidine rings is 1. The second kappa shape index (κ2) is 9.43. The Morgan fingerprint density at radius 1 is 1.06 bits per heavy atom. The summed E-state index contributed by atoms with van der Waals surface area (Å²) in [4.78, 5) is 38.4. The maximum atomic E-state index is 12.6. The van der Waals surface area contributed by atoms with Gasteiger partial charge in [0.05, 0.1) is 10.5 Å². The first-order valence-electron chi connectivity index (χ1n) is 13.2. The number of hydrogen-bond acceptors (Lipinski definition) is 6. The number of anilines is 1. The molecule has 1 amide bonds. The van der Waals surface area contributed by atoms with Crippen LogP contribution >= 0.6 is 0 Å². The van der Waals surface area contributed by atoms with Gasteiger partial charge in [-0.25, -0.2) is 4.79 Å². The van der Waals surface area contributed by atoms with Crippen molar-refractivity contribution < 1.29 is 19.2 Å². The highest BCUT2D eigenvalue weighted by Gasteiger charge is 2.50. The third kappa shape index (κ3) is 5.16. The maximum absolute atomic E-state index is 12.6. The summed E-state index contributed by atoms with van der Waals surface area (Å²) in [6.07, 6.45) is 8.75. The van der Waals surface area contributed by atoms with Gasteiger partial charge in [0.15, 0.2) is 6.61 Å². The number of carbonyl (C=O) groups is 2. The Labute approximate surface area is 206 Å². The SMILES string of the molecule is C[C@@H]1C[C@@H](C)CN(c2ccc(C(=O)OCC(=O)NCC34CC5CC(CC(C5)C3)C4)cc2[N+](=O)[O-])C1. The molecule has 4 bridgehead atoms. The fraction of sp³-hybridized carbons (Fsp3) is 0.704. The summed E-state index contributed by atoms with van der Waals surface area (Å²) in [6.45, 7) is 6.07. The van der Waals surface area contributed by atoms with Crippen molar-refractivity contribution in [2.75, 3.05) is 31.1 Å². The molecule has 1 saturated heterocycles. The fourth-order valence-electron chi connectivity index (χ4n) is 7.98. The van der Waals surface area contributed by atoms with Crippen LogP contribution in [0.25, 0.3) is 0 Å². The molecule has 4 saturated carbocycles. The van der Waals surface area contributed by atoms with Crippen LogP contribution in [0.2, 0.25) is 0 Å². The molecule has 4 aliphatic carbocycles. The van der Waals surface area contributed by atoms with Crippen LogP contribution in [0, 0.1) is 45.1 Å². The third-order valence-corrected chi connectivity index (χ3v) is 8.78. The largest absolute Gasteiger partial charge is 0.452 e. The Balaban J connectivity index is 1.17. The van der Waals surface area contributed by atoms with Gasteiger partial charge in [0, 0.05) is 25.7 Å². The van der Waals surface area contributed by atoms with Crippen molar-refractivity contribution in [3.8, 4) is 0 Å². The summed E-state index contributed by atoms with van der Waals surface area (Å²) in [6, 6.07) is 4.46. The lowest BCUT2D eigenvalue weighted by atomic mass is 9.49. The normalized spacial score (nSPS) is 33.4. The van der Waals surface area contributed by atoms with Gasteiger partial charge in [-0.3, -0.25) is 14.9 Å². The first-order chi connectivity index (χ1) is 16.7. The molecular weight excluding hydrogens is 446 g/mol. The van der Waals surface area contributed by atoms with Gasteiger partial charge < -0.3 is 15.0 Å². The number of nitrogens with zero attached hydrogens (tertiary/aromatic N) is 2.